The molecule has 0 fully saturated rings. The third-order valence-corrected chi connectivity index (χ3v) is 5.49. The van der Waals surface area contributed by atoms with Crippen LogP contribution < -0.4 is 5.73 Å². The molecule has 1 aliphatic carbocycles. The first kappa shape index (κ1) is 11.5. The molecule has 1 nitrogen and oxygen atoms in total. The van der Waals surface area contributed by atoms with Crippen LogP contribution in [0.1, 0.15) is 22.0 Å². The van der Waals surface area contributed by atoms with Gasteiger partial charge in [-0.15, -0.1) is 11.3 Å². The maximum Gasteiger partial charge on any atom is 0.0332 e. The van der Waals surface area contributed by atoms with Crippen molar-refractivity contribution in [2.24, 2.45) is 11.7 Å². The highest BCUT2D eigenvalue weighted by Crippen LogP contribution is 2.38. The predicted molar refractivity (Wildman–Crippen MR) is 76.3 cm³/mol. The zero-order valence-electron chi connectivity index (χ0n) is 9.40. The molecule has 2 unspecified atom stereocenters. The van der Waals surface area contributed by atoms with Crippen molar-refractivity contribution in [3.8, 4) is 0 Å². The van der Waals surface area contributed by atoms with Gasteiger partial charge in [0.2, 0.25) is 0 Å². The van der Waals surface area contributed by atoms with Crippen molar-refractivity contribution in [2.75, 3.05) is 0 Å². The number of hydrogen-bond donors (Lipinski definition) is 1. The van der Waals surface area contributed by atoms with Crippen molar-refractivity contribution in [2.45, 2.75) is 18.9 Å². The summed E-state index contributed by atoms with van der Waals surface area (Å²) in [5.41, 5.74) is 9.11. The zero-order chi connectivity index (χ0) is 11.8. The number of nitrogens with two attached hydrogens (primary N) is 1. The molecule has 1 aliphatic rings. The topological polar surface area (TPSA) is 26.0 Å². The SMILES string of the molecule is NC1c2ccccc2CC1Cc1sccc1Br. The molecule has 1 aromatic heterocycles. The highest BCUT2D eigenvalue weighted by atomic mass is 79.9. The summed E-state index contributed by atoms with van der Waals surface area (Å²) in [5, 5.41) is 2.13. The normalized spacial score (nSPS) is 22.7. The zero-order valence-corrected chi connectivity index (χ0v) is 11.8. The van der Waals surface area contributed by atoms with Crippen molar-refractivity contribution in [1.29, 1.82) is 0 Å². The van der Waals surface area contributed by atoms with Gasteiger partial charge >= 0.3 is 0 Å². The van der Waals surface area contributed by atoms with E-state index in [0.29, 0.717) is 5.92 Å². The van der Waals surface area contributed by atoms with Gasteiger partial charge in [0.15, 0.2) is 0 Å². The number of halogens is 1. The molecule has 0 amide bonds. The third-order valence-electron chi connectivity index (χ3n) is 3.54. The van der Waals surface area contributed by atoms with Gasteiger partial charge in [0.05, 0.1) is 0 Å². The minimum atomic E-state index is 0.195. The van der Waals surface area contributed by atoms with E-state index >= 15 is 0 Å². The maximum atomic E-state index is 6.35. The molecule has 1 heterocycles. The molecular formula is C14H14BrNS. The van der Waals surface area contributed by atoms with E-state index in [2.05, 4.69) is 51.6 Å². The summed E-state index contributed by atoms with van der Waals surface area (Å²) >= 11 is 5.41. The van der Waals surface area contributed by atoms with Crippen molar-refractivity contribution < 1.29 is 0 Å². The Morgan fingerprint density at radius 1 is 1.29 bits per heavy atom. The van der Waals surface area contributed by atoms with E-state index in [4.69, 9.17) is 5.73 Å². The number of fused-ring (bicyclic) bond motifs is 1. The number of benzene rings is 1. The lowest BCUT2D eigenvalue weighted by atomic mass is 9.97. The lowest BCUT2D eigenvalue weighted by Crippen LogP contribution is -2.18. The van der Waals surface area contributed by atoms with E-state index in [1.165, 1.54) is 20.5 Å². The first-order valence-electron chi connectivity index (χ1n) is 5.81. The Labute approximate surface area is 114 Å². The summed E-state index contributed by atoms with van der Waals surface area (Å²) < 4.78 is 1.23. The van der Waals surface area contributed by atoms with Crippen molar-refractivity contribution in [3.05, 3.63) is 56.2 Å². The van der Waals surface area contributed by atoms with Crippen molar-refractivity contribution in [1.82, 2.24) is 0 Å². The molecule has 0 bridgehead atoms. The molecule has 0 spiro atoms. The standard InChI is InChI=1S/C14H14BrNS/c15-12-5-6-17-13(12)8-10-7-9-3-1-2-4-11(9)14(10)16/h1-6,10,14H,7-8,16H2. The van der Waals surface area contributed by atoms with Gasteiger partial charge in [0.25, 0.3) is 0 Å². The van der Waals surface area contributed by atoms with E-state index in [1.807, 2.05) is 11.3 Å². The quantitative estimate of drug-likeness (QED) is 0.894. The van der Waals surface area contributed by atoms with Crippen LogP contribution in [0.15, 0.2) is 40.2 Å². The average Bonchev–Trinajstić information content (AvgIpc) is 2.87. The van der Waals surface area contributed by atoms with Crippen LogP contribution in [0.5, 0.6) is 0 Å². The summed E-state index contributed by atoms with van der Waals surface area (Å²) in [7, 11) is 0. The fourth-order valence-corrected chi connectivity index (χ4v) is 4.23. The van der Waals surface area contributed by atoms with Crippen LogP contribution in [-0.4, -0.2) is 0 Å². The summed E-state index contributed by atoms with van der Waals surface area (Å²) in [4.78, 5) is 1.42. The number of hydrogen-bond acceptors (Lipinski definition) is 2. The van der Waals surface area contributed by atoms with Crippen LogP contribution in [0.25, 0.3) is 0 Å². The smallest absolute Gasteiger partial charge is 0.0332 e. The minimum absolute atomic E-state index is 0.195. The molecule has 0 saturated heterocycles. The number of rotatable bonds is 2. The maximum absolute atomic E-state index is 6.35. The molecule has 3 heteroatoms. The molecule has 1 aromatic carbocycles. The molecule has 2 atom stereocenters. The highest BCUT2D eigenvalue weighted by Gasteiger charge is 2.29. The van der Waals surface area contributed by atoms with Gasteiger partial charge in [-0.1, -0.05) is 24.3 Å². The summed E-state index contributed by atoms with van der Waals surface area (Å²) in [6.45, 7) is 0. The van der Waals surface area contributed by atoms with E-state index in [9.17, 15) is 0 Å². The van der Waals surface area contributed by atoms with E-state index in [0.717, 1.165) is 12.8 Å². The van der Waals surface area contributed by atoms with Crippen LogP contribution in [0.2, 0.25) is 0 Å². The monoisotopic (exact) mass is 307 g/mol. The third kappa shape index (κ3) is 2.07. The van der Waals surface area contributed by atoms with Crippen molar-refractivity contribution >= 4 is 27.3 Å². The van der Waals surface area contributed by atoms with Crippen LogP contribution >= 0.6 is 27.3 Å². The molecule has 0 radical (unpaired) electrons. The highest BCUT2D eigenvalue weighted by molar-refractivity contribution is 9.10. The largest absolute Gasteiger partial charge is 0.324 e. The molecule has 0 saturated carbocycles. The van der Waals surface area contributed by atoms with Crippen molar-refractivity contribution in [3.63, 3.8) is 0 Å². The van der Waals surface area contributed by atoms with Gasteiger partial charge in [0.1, 0.15) is 0 Å². The van der Waals surface area contributed by atoms with E-state index < -0.39 is 0 Å². The fraction of sp³-hybridized carbons (Fsp3) is 0.286. The Bertz CT molecular complexity index is 535. The molecule has 88 valence electrons. The first-order chi connectivity index (χ1) is 8.25. The van der Waals surface area contributed by atoms with Gasteiger partial charge in [-0.2, -0.15) is 0 Å². The molecule has 2 aromatic rings. The summed E-state index contributed by atoms with van der Waals surface area (Å²) in [5.74, 6) is 0.544. The van der Waals surface area contributed by atoms with Gasteiger partial charge in [-0.3, -0.25) is 0 Å². The second kappa shape index (κ2) is 4.56. The van der Waals surface area contributed by atoms with Crippen LogP contribution in [0.4, 0.5) is 0 Å². The van der Waals surface area contributed by atoms with Gasteiger partial charge in [-0.05, 0) is 57.3 Å². The second-order valence-corrected chi connectivity index (χ2v) is 6.44. The number of thiophene rings is 1. The van der Waals surface area contributed by atoms with Crippen LogP contribution in [0.3, 0.4) is 0 Å². The molecular weight excluding hydrogens is 294 g/mol. The average molecular weight is 308 g/mol. The predicted octanol–water partition coefficient (Wildman–Crippen LogP) is 3.93. The lowest BCUT2D eigenvalue weighted by Gasteiger charge is -2.15. The fourth-order valence-electron chi connectivity index (χ4n) is 2.62. The Morgan fingerprint density at radius 2 is 2.12 bits per heavy atom. The van der Waals surface area contributed by atoms with E-state index in [1.54, 1.807) is 0 Å². The van der Waals surface area contributed by atoms with Gasteiger partial charge < -0.3 is 5.73 Å². The van der Waals surface area contributed by atoms with Gasteiger partial charge in [0, 0.05) is 15.4 Å². The molecule has 0 aliphatic heterocycles. The summed E-state index contributed by atoms with van der Waals surface area (Å²) in [6.07, 6.45) is 2.19. The van der Waals surface area contributed by atoms with E-state index in [-0.39, 0.29) is 6.04 Å². The first-order valence-corrected chi connectivity index (χ1v) is 7.48. The van der Waals surface area contributed by atoms with Crippen LogP contribution in [-0.2, 0) is 12.8 Å². The van der Waals surface area contributed by atoms with Crippen LogP contribution in [0, 0.1) is 5.92 Å². The van der Waals surface area contributed by atoms with Gasteiger partial charge in [-0.25, -0.2) is 0 Å². The Morgan fingerprint density at radius 3 is 2.82 bits per heavy atom. The lowest BCUT2D eigenvalue weighted by molar-refractivity contribution is 0.467. The minimum Gasteiger partial charge on any atom is -0.324 e. The molecule has 17 heavy (non-hydrogen) atoms. The molecule has 2 N–H and O–H groups in total. The Hall–Kier alpha value is -0.640. The second-order valence-electron chi connectivity index (χ2n) is 4.58. The summed E-state index contributed by atoms with van der Waals surface area (Å²) in [6, 6.07) is 10.9. The Balaban J connectivity index is 1.83. The Kier molecular flexibility index (Phi) is 3.07. The molecule has 3 rings (SSSR count).